The standard InChI is InChI=1S/C25H28N2O2/c1-16-7-8-19(24(28)29)14-23(16)26-15-20-13-17(2)27(18(20)3)22-11-9-21(10-12-22)25(4,5)6/h7-15H,1-6H3,(H,28,29). The van der Waals surface area contributed by atoms with Gasteiger partial charge in [-0.2, -0.15) is 0 Å². The molecule has 2 aromatic carbocycles. The summed E-state index contributed by atoms with van der Waals surface area (Å²) in [6, 6.07) is 15.8. The zero-order valence-electron chi connectivity index (χ0n) is 17.9. The first-order valence-corrected chi connectivity index (χ1v) is 9.76. The van der Waals surface area contributed by atoms with E-state index >= 15 is 0 Å². The predicted octanol–water partition coefficient (Wildman–Crippen LogP) is 6.15. The first kappa shape index (κ1) is 20.6. The van der Waals surface area contributed by atoms with Gasteiger partial charge in [0, 0.05) is 28.9 Å². The molecule has 4 nitrogen and oxygen atoms in total. The van der Waals surface area contributed by atoms with E-state index in [1.807, 2.05) is 13.1 Å². The number of hydrogen-bond donors (Lipinski definition) is 1. The second kappa shape index (κ2) is 7.70. The van der Waals surface area contributed by atoms with Crippen molar-refractivity contribution in [3.05, 3.63) is 82.2 Å². The lowest BCUT2D eigenvalue weighted by atomic mass is 9.87. The molecule has 0 bridgehead atoms. The first-order chi connectivity index (χ1) is 13.6. The second-order valence-electron chi connectivity index (χ2n) is 8.52. The van der Waals surface area contributed by atoms with Gasteiger partial charge in [0.25, 0.3) is 0 Å². The lowest BCUT2D eigenvalue weighted by Crippen LogP contribution is -2.11. The van der Waals surface area contributed by atoms with Gasteiger partial charge in [-0.15, -0.1) is 0 Å². The van der Waals surface area contributed by atoms with Crippen LogP contribution in [0.15, 0.2) is 53.5 Å². The van der Waals surface area contributed by atoms with E-state index in [-0.39, 0.29) is 11.0 Å². The van der Waals surface area contributed by atoms with Crippen LogP contribution in [0.25, 0.3) is 5.69 Å². The number of aryl methyl sites for hydroxylation is 2. The summed E-state index contributed by atoms with van der Waals surface area (Å²) in [7, 11) is 0. The number of carboxylic acid groups (broad SMARTS) is 1. The van der Waals surface area contributed by atoms with Crippen LogP contribution in [-0.2, 0) is 5.41 Å². The highest BCUT2D eigenvalue weighted by molar-refractivity contribution is 5.90. The molecule has 1 N–H and O–H groups in total. The van der Waals surface area contributed by atoms with Crippen molar-refractivity contribution in [3.63, 3.8) is 0 Å². The van der Waals surface area contributed by atoms with Gasteiger partial charge in [-0.05, 0) is 67.6 Å². The molecule has 4 heteroatoms. The number of benzene rings is 2. The van der Waals surface area contributed by atoms with E-state index in [0.29, 0.717) is 5.69 Å². The van der Waals surface area contributed by atoms with Gasteiger partial charge < -0.3 is 9.67 Å². The number of carboxylic acids is 1. The first-order valence-electron chi connectivity index (χ1n) is 9.76. The third-order valence-corrected chi connectivity index (χ3v) is 5.26. The topological polar surface area (TPSA) is 54.6 Å². The van der Waals surface area contributed by atoms with Gasteiger partial charge in [-0.1, -0.05) is 39.0 Å². The molecule has 3 aromatic rings. The Morgan fingerprint density at radius 1 is 1.00 bits per heavy atom. The summed E-state index contributed by atoms with van der Waals surface area (Å²) >= 11 is 0. The quantitative estimate of drug-likeness (QED) is 0.545. The fourth-order valence-corrected chi connectivity index (χ4v) is 3.45. The molecule has 3 rings (SSSR count). The number of carbonyl (C=O) groups is 1. The van der Waals surface area contributed by atoms with Gasteiger partial charge >= 0.3 is 5.97 Å². The minimum Gasteiger partial charge on any atom is -0.478 e. The highest BCUT2D eigenvalue weighted by atomic mass is 16.4. The predicted molar refractivity (Wildman–Crippen MR) is 119 cm³/mol. The van der Waals surface area contributed by atoms with E-state index in [0.717, 1.165) is 28.2 Å². The minimum absolute atomic E-state index is 0.124. The fraction of sp³-hybridized carbons (Fsp3) is 0.280. The zero-order chi connectivity index (χ0) is 21.3. The summed E-state index contributed by atoms with van der Waals surface area (Å²) in [4.78, 5) is 15.8. The maximum atomic E-state index is 11.2. The van der Waals surface area contributed by atoms with Crippen molar-refractivity contribution in [1.29, 1.82) is 0 Å². The van der Waals surface area contributed by atoms with Crippen LogP contribution < -0.4 is 0 Å². The SMILES string of the molecule is Cc1ccc(C(=O)O)cc1N=Cc1cc(C)n(-c2ccc(C(C)(C)C)cc2)c1C. The average molecular weight is 389 g/mol. The van der Waals surface area contributed by atoms with Gasteiger partial charge in [-0.3, -0.25) is 4.99 Å². The van der Waals surface area contributed by atoms with Crippen LogP contribution in [0.4, 0.5) is 5.69 Å². The van der Waals surface area contributed by atoms with Crippen LogP contribution in [0.3, 0.4) is 0 Å². The number of hydrogen-bond acceptors (Lipinski definition) is 2. The summed E-state index contributed by atoms with van der Waals surface area (Å²) in [6.45, 7) is 12.7. The van der Waals surface area contributed by atoms with Crippen LogP contribution in [-0.4, -0.2) is 21.9 Å². The molecule has 0 aliphatic heterocycles. The molecule has 1 aromatic heterocycles. The number of nitrogens with zero attached hydrogens (tertiary/aromatic N) is 2. The Bertz CT molecular complexity index is 1080. The molecule has 0 fully saturated rings. The van der Waals surface area contributed by atoms with Crippen molar-refractivity contribution in [1.82, 2.24) is 4.57 Å². The molecule has 0 saturated heterocycles. The highest BCUT2D eigenvalue weighted by Crippen LogP contribution is 2.26. The van der Waals surface area contributed by atoms with Crippen LogP contribution in [0.5, 0.6) is 0 Å². The van der Waals surface area contributed by atoms with Crippen LogP contribution in [0.1, 0.15) is 59.2 Å². The highest BCUT2D eigenvalue weighted by Gasteiger charge is 2.15. The molecule has 0 atom stereocenters. The maximum Gasteiger partial charge on any atom is 0.335 e. The summed E-state index contributed by atoms with van der Waals surface area (Å²) in [5.41, 5.74) is 7.65. The number of rotatable bonds is 4. The van der Waals surface area contributed by atoms with Gasteiger partial charge in [-0.25, -0.2) is 4.79 Å². The van der Waals surface area contributed by atoms with Crippen molar-refractivity contribution in [2.45, 2.75) is 47.0 Å². The summed E-state index contributed by atoms with van der Waals surface area (Å²) in [6.07, 6.45) is 1.82. The van der Waals surface area contributed by atoms with E-state index in [4.69, 9.17) is 0 Å². The van der Waals surface area contributed by atoms with E-state index in [9.17, 15) is 9.90 Å². The summed E-state index contributed by atoms with van der Waals surface area (Å²) < 4.78 is 2.22. The van der Waals surface area contributed by atoms with Crippen LogP contribution >= 0.6 is 0 Å². The molecular weight excluding hydrogens is 360 g/mol. The second-order valence-corrected chi connectivity index (χ2v) is 8.52. The van der Waals surface area contributed by atoms with Crippen molar-refractivity contribution >= 4 is 17.9 Å². The summed E-state index contributed by atoms with van der Waals surface area (Å²) in [5.74, 6) is -0.946. The van der Waals surface area contributed by atoms with E-state index in [1.54, 1.807) is 18.2 Å². The maximum absolute atomic E-state index is 11.2. The van der Waals surface area contributed by atoms with Crippen molar-refractivity contribution in [2.75, 3.05) is 0 Å². The third kappa shape index (κ3) is 4.32. The number of aromatic carboxylic acids is 1. The lowest BCUT2D eigenvalue weighted by molar-refractivity contribution is 0.0697. The Morgan fingerprint density at radius 2 is 1.66 bits per heavy atom. The lowest BCUT2D eigenvalue weighted by Gasteiger charge is -2.20. The molecule has 0 aliphatic carbocycles. The minimum atomic E-state index is -0.946. The molecule has 0 spiro atoms. The molecular formula is C25H28N2O2. The molecule has 29 heavy (non-hydrogen) atoms. The van der Waals surface area contributed by atoms with E-state index in [1.165, 1.54) is 5.56 Å². The van der Waals surface area contributed by atoms with Crippen LogP contribution in [0.2, 0.25) is 0 Å². The van der Waals surface area contributed by atoms with Gasteiger partial charge in [0.2, 0.25) is 0 Å². The Kier molecular flexibility index (Phi) is 5.47. The van der Waals surface area contributed by atoms with E-state index in [2.05, 4.69) is 74.5 Å². The van der Waals surface area contributed by atoms with Crippen LogP contribution in [0, 0.1) is 20.8 Å². The molecule has 0 saturated carbocycles. The largest absolute Gasteiger partial charge is 0.478 e. The Labute approximate surface area is 172 Å². The average Bonchev–Trinajstić information content (AvgIpc) is 2.93. The van der Waals surface area contributed by atoms with Gasteiger partial charge in [0.15, 0.2) is 0 Å². The van der Waals surface area contributed by atoms with Gasteiger partial charge in [0.05, 0.1) is 11.3 Å². The van der Waals surface area contributed by atoms with Crippen molar-refractivity contribution in [2.24, 2.45) is 4.99 Å². The Morgan fingerprint density at radius 3 is 2.24 bits per heavy atom. The molecule has 0 aliphatic rings. The Balaban J connectivity index is 1.95. The van der Waals surface area contributed by atoms with E-state index < -0.39 is 5.97 Å². The zero-order valence-corrected chi connectivity index (χ0v) is 17.9. The molecule has 0 unspecified atom stereocenters. The molecule has 0 amide bonds. The molecule has 150 valence electrons. The monoisotopic (exact) mass is 388 g/mol. The number of aliphatic imine (C=N–C) groups is 1. The molecule has 1 heterocycles. The molecule has 0 radical (unpaired) electrons. The Hall–Kier alpha value is -3.14. The fourth-order valence-electron chi connectivity index (χ4n) is 3.45. The van der Waals surface area contributed by atoms with Gasteiger partial charge in [0.1, 0.15) is 0 Å². The summed E-state index contributed by atoms with van der Waals surface area (Å²) in [5, 5.41) is 9.21. The normalized spacial score (nSPS) is 11.9. The van der Waals surface area contributed by atoms with Crippen molar-refractivity contribution < 1.29 is 9.90 Å². The third-order valence-electron chi connectivity index (χ3n) is 5.26. The number of aromatic nitrogens is 1. The van der Waals surface area contributed by atoms with Crippen molar-refractivity contribution in [3.8, 4) is 5.69 Å². The smallest absolute Gasteiger partial charge is 0.335 e.